The molecule has 0 spiro atoms. The largest absolute Gasteiger partial charge is 0.493 e. The molecule has 0 radical (unpaired) electrons. The Balaban J connectivity index is 1.85. The fraction of sp³-hybridized carbons (Fsp3) is 0.238. The van der Waals surface area contributed by atoms with E-state index in [0.29, 0.717) is 37.2 Å². The molecular formula is C21H20FNO4. The smallest absolute Gasteiger partial charge is 0.332 e. The molecule has 0 bridgehead atoms. The number of aliphatic carboxylic acids is 1. The highest BCUT2D eigenvalue weighted by Gasteiger charge is 2.25. The molecular weight excluding hydrogens is 349 g/mol. The van der Waals surface area contributed by atoms with Crippen molar-refractivity contribution in [1.29, 1.82) is 0 Å². The highest BCUT2D eigenvalue weighted by molar-refractivity contribution is 6.09. The maximum atomic E-state index is 14.6. The van der Waals surface area contributed by atoms with Gasteiger partial charge in [-0.2, -0.15) is 0 Å². The van der Waals surface area contributed by atoms with Gasteiger partial charge in [0.15, 0.2) is 0 Å². The van der Waals surface area contributed by atoms with Gasteiger partial charge in [0, 0.05) is 16.7 Å². The molecule has 2 N–H and O–H groups in total. The molecule has 0 heterocycles. The van der Waals surface area contributed by atoms with Gasteiger partial charge in [-0.3, -0.25) is 4.79 Å². The van der Waals surface area contributed by atoms with E-state index in [4.69, 9.17) is 9.84 Å². The maximum absolute atomic E-state index is 14.6. The Morgan fingerprint density at radius 3 is 2.59 bits per heavy atom. The van der Waals surface area contributed by atoms with Crippen molar-refractivity contribution < 1.29 is 23.8 Å². The Bertz CT molecular complexity index is 920. The van der Waals surface area contributed by atoms with Crippen LogP contribution in [-0.2, 0) is 9.59 Å². The molecule has 0 atom stereocenters. The van der Waals surface area contributed by atoms with Crippen molar-refractivity contribution in [2.45, 2.75) is 26.2 Å². The molecule has 2 aromatic carbocycles. The van der Waals surface area contributed by atoms with Crippen molar-refractivity contribution in [2.24, 2.45) is 0 Å². The Hall–Kier alpha value is -3.15. The zero-order valence-corrected chi connectivity index (χ0v) is 14.9. The number of benzene rings is 2. The molecule has 0 saturated heterocycles. The third-order valence-electron chi connectivity index (χ3n) is 4.47. The molecule has 0 aromatic heterocycles. The number of hydrogen-bond acceptors (Lipinski definition) is 3. The highest BCUT2D eigenvalue weighted by Crippen LogP contribution is 2.32. The SMILES string of the molecule is CCOc1ccccc1-c1ccc(NC(=O)C2=C(C(=O)O)CCC2)c(F)c1. The molecule has 0 unspecified atom stereocenters. The van der Waals surface area contributed by atoms with Crippen LogP contribution in [0.3, 0.4) is 0 Å². The van der Waals surface area contributed by atoms with Crippen molar-refractivity contribution in [1.82, 2.24) is 0 Å². The Morgan fingerprint density at radius 1 is 1.15 bits per heavy atom. The molecule has 1 aliphatic carbocycles. The molecule has 1 amide bonds. The number of para-hydroxylation sites is 1. The quantitative estimate of drug-likeness (QED) is 0.792. The summed E-state index contributed by atoms with van der Waals surface area (Å²) in [6.45, 7) is 2.37. The molecule has 1 aliphatic rings. The lowest BCUT2D eigenvalue weighted by Crippen LogP contribution is -2.17. The first-order valence-electron chi connectivity index (χ1n) is 8.79. The minimum atomic E-state index is -1.10. The second-order valence-electron chi connectivity index (χ2n) is 6.19. The minimum Gasteiger partial charge on any atom is -0.493 e. The molecule has 0 fully saturated rings. The number of amides is 1. The summed E-state index contributed by atoms with van der Waals surface area (Å²) >= 11 is 0. The van der Waals surface area contributed by atoms with Crippen LogP contribution in [0.25, 0.3) is 11.1 Å². The first-order chi connectivity index (χ1) is 13.0. The number of carboxylic acids is 1. The maximum Gasteiger partial charge on any atom is 0.332 e. The molecule has 6 heteroatoms. The van der Waals surface area contributed by atoms with E-state index in [1.807, 2.05) is 31.2 Å². The van der Waals surface area contributed by atoms with E-state index in [9.17, 15) is 14.0 Å². The molecule has 27 heavy (non-hydrogen) atoms. The second kappa shape index (κ2) is 8.03. The van der Waals surface area contributed by atoms with Crippen LogP contribution in [0, 0.1) is 5.82 Å². The van der Waals surface area contributed by atoms with E-state index in [-0.39, 0.29) is 16.8 Å². The number of ether oxygens (including phenoxy) is 1. The van der Waals surface area contributed by atoms with E-state index >= 15 is 0 Å². The van der Waals surface area contributed by atoms with Gasteiger partial charge in [0.2, 0.25) is 0 Å². The molecule has 2 aromatic rings. The standard InChI is InChI=1S/C21H20FNO4/c1-2-27-19-9-4-3-6-14(19)13-10-11-18(17(22)12-13)23-20(24)15-7-5-8-16(15)21(25)26/h3-4,6,9-12H,2,5,7-8H2,1H3,(H,23,24)(H,25,26). The molecule has 0 aliphatic heterocycles. The van der Waals surface area contributed by atoms with E-state index in [1.54, 1.807) is 6.07 Å². The number of rotatable bonds is 6. The topological polar surface area (TPSA) is 75.6 Å². The third-order valence-corrected chi connectivity index (χ3v) is 4.47. The highest BCUT2D eigenvalue weighted by atomic mass is 19.1. The molecule has 140 valence electrons. The number of nitrogens with one attached hydrogen (secondary N) is 1. The van der Waals surface area contributed by atoms with Crippen molar-refractivity contribution in [3.63, 3.8) is 0 Å². The number of anilines is 1. The van der Waals surface area contributed by atoms with Gasteiger partial charge in [-0.15, -0.1) is 0 Å². The van der Waals surface area contributed by atoms with Crippen LogP contribution in [0.4, 0.5) is 10.1 Å². The Kier molecular flexibility index (Phi) is 5.54. The number of carboxylic acid groups (broad SMARTS) is 1. The predicted molar refractivity (Wildman–Crippen MR) is 100 cm³/mol. The number of carbonyl (C=O) groups is 2. The first-order valence-corrected chi connectivity index (χ1v) is 8.79. The molecule has 5 nitrogen and oxygen atoms in total. The van der Waals surface area contributed by atoms with Crippen LogP contribution >= 0.6 is 0 Å². The summed E-state index contributed by atoms with van der Waals surface area (Å²) in [5, 5.41) is 11.7. The van der Waals surface area contributed by atoms with Crippen molar-refractivity contribution in [2.75, 3.05) is 11.9 Å². The van der Waals surface area contributed by atoms with Gasteiger partial charge in [-0.1, -0.05) is 24.3 Å². The normalized spacial score (nSPS) is 13.6. The minimum absolute atomic E-state index is 0.0155. The summed E-state index contributed by atoms with van der Waals surface area (Å²) in [4.78, 5) is 23.6. The van der Waals surface area contributed by atoms with Gasteiger partial charge >= 0.3 is 5.97 Å². The van der Waals surface area contributed by atoms with E-state index in [0.717, 1.165) is 5.56 Å². The van der Waals surface area contributed by atoms with Crippen LogP contribution in [0.2, 0.25) is 0 Å². The fourth-order valence-corrected chi connectivity index (χ4v) is 3.20. The van der Waals surface area contributed by atoms with E-state index in [1.165, 1.54) is 12.1 Å². The Morgan fingerprint density at radius 2 is 1.89 bits per heavy atom. The summed E-state index contributed by atoms with van der Waals surface area (Å²) in [6, 6.07) is 11.8. The summed E-state index contributed by atoms with van der Waals surface area (Å²) < 4.78 is 20.1. The van der Waals surface area contributed by atoms with Crippen molar-refractivity contribution >= 4 is 17.6 Å². The fourth-order valence-electron chi connectivity index (χ4n) is 3.20. The Labute approximate surface area is 156 Å². The molecule has 3 rings (SSSR count). The first kappa shape index (κ1) is 18.6. The van der Waals surface area contributed by atoms with Crippen LogP contribution in [0.1, 0.15) is 26.2 Å². The van der Waals surface area contributed by atoms with Gasteiger partial charge < -0.3 is 15.2 Å². The number of hydrogen-bond donors (Lipinski definition) is 2. The average Bonchev–Trinajstić information content (AvgIpc) is 3.14. The van der Waals surface area contributed by atoms with Crippen molar-refractivity contribution in [3.05, 3.63) is 59.4 Å². The number of carbonyl (C=O) groups excluding carboxylic acids is 1. The monoisotopic (exact) mass is 369 g/mol. The van der Waals surface area contributed by atoms with Gasteiger partial charge in [0.25, 0.3) is 5.91 Å². The predicted octanol–water partition coefficient (Wildman–Crippen LogP) is 4.40. The van der Waals surface area contributed by atoms with E-state index < -0.39 is 17.7 Å². The second-order valence-corrected chi connectivity index (χ2v) is 6.19. The zero-order valence-electron chi connectivity index (χ0n) is 14.9. The lowest BCUT2D eigenvalue weighted by Gasteiger charge is -2.12. The summed E-state index contributed by atoms with van der Waals surface area (Å²) in [5.74, 6) is -1.60. The van der Waals surface area contributed by atoms with Crippen LogP contribution in [-0.4, -0.2) is 23.6 Å². The van der Waals surface area contributed by atoms with Crippen LogP contribution in [0.15, 0.2) is 53.6 Å². The lowest BCUT2D eigenvalue weighted by atomic mass is 10.0. The van der Waals surface area contributed by atoms with Gasteiger partial charge in [-0.05, 0) is 49.9 Å². The lowest BCUT2D eigenvalue weighted by molar-refractivity contribution is -0.133. The zero-order chi connectivity index (χ0) is 19.4. The van der Waals surface area contributed by atoms with Crippen LogP contribution < -0.4 is 10.1 Å². The number of halogens is 1. The van der Waals surface area contributed by atoms with Crippen LogP contribution in [0.5, 0.6) is 5.75 Å². The third kappa shape index (κ3) is 4.00. The average molecular weight is 369 g/mol. The summed E-state index contributed by atoms with van der Waals surface area (Å²) in [7, 11) is 0. The molecule has 0 saturated carbocycles. The summed E-state index contributed by atoms with van der Waals surface area (Å²) in [6.07, 6.45) is 1.35. The van der Waals surface area contributed by atoms with E-state index in [2.05, 4.69) is 5.32 Å². The van der Waals surface area contributed by atoms with Gasteiger partial charge in [0.05, 0.1) is 12.3 Å². The summed E-state index contributed by atoms with van der Waals surface area (Å²) in [5.41, 5.74) is 1.72. The van der Waals surface area contributed by atoms with Gasteiger partial charge in [0.1, 0.15) is 11.6 Å². The van der Waals surface area contributed by atoms with Crippen molar-refractivity contribution in [3.8, 4) is 16.9 Å². The van der Waals surface area contributed by atoms with Gasteiger partial charge in [-0.25, -0.2) is 9.18 Å².